The Bertz CT molecular complexity index is 1100. The lowest BCUT2D eigenvalue weighted by Crippen LogP contribution is -2.24. The largest absolute Gasteiger partial charge is 0.345 e. The molecule has 1 atom stereocenters. The Labute approximate surface area is 154 Å². The third kappa shape index (κ3) is 2.95. The predicted molar refractivity (Wildman–Crippen MR) is 96.4 cm³/mol. The normalized spacial score (nSPS) is 17.1. The van der Waals surface area contributed by atoms with E-state index in [4.69, 9.17) is 4.52 Å². The Hall–Kier alpha value is -3.55. The standard InChI is InChI=1S/C19H16N6O2/c26-17-8-14(10-25(17)9-12-3-5-20-6-4-12)19-23-18(24-27-19)13-1-2-15-16(7-13)22-11-21-15/h1-7,11,14H,8-10H2,(H,21,22)/t14-/m1/s1. The van der Waals surface area contributed by atoms with Gasteiger partial charge in [-0.3, -0.25) is 9.78 Å². The maximum atomic E-state index is 12.4. The fraction of sp³-hybridized carbons (Fsp3) is 0.211. The first kappa shape index (κ1) is 15.7. The van der Waals surface area contributed by atoms with Gasteiger partial charge >= 0.3 is 0 Å². The van der Waals surface area contributed by atoms with E-state index in [1.54, 1.807) is 18.7 Å². The van der Waals surface area contributed by atoms with E-state index < -0.39 is 0 Å². The number of benzene rings is 1. The highest BCUT2D eigenvalue weighted by atomic mass is 16.5. The van der Waals surface area contributed by atoms with Crippen LogP contribution in [0.25, 0.3) is 22.4 Å². The molecule has 0 radical (unpaired) electrons. The number of nitrogens with zero attached hydrogens (tertiary/aromatic N) is 5. The summed E-state index contributed by atoms with van der Waals surface area (Å²) < 4.78 is 5.47. The summed E-state index contributed by atoms with van der Waals surface area (Å²) in [5.74, 6) is 1.02. The summed E-state index contributed by atoms with van der Waals surface area (Å²) in [5, 5.41) is 4.10. The van der Waals surface area contributed by atoms with E-state index in [9.17, 15) is 4.79 Å². The summed E-state index contributed by atoms with van der Waals surface area (Å²) in [6.45, 7) is 1.14. The minimum absolute atomic E-state index is 0.0866. The lowest BCUT2D eigenvalue weighted by atomic mass is 10.1. The molecule has 0 saturated carbocycles. The number of hydrogen-bond acceptors (Lipinski definition) is 6. The molecule has 1 aromatic carbocycles. The number of aromatic nitrogens is 5. The molecule has 1 N–H and O–H groups in total. The van der Waals surface area contributed by atoms with Crippen molar-refractivity contribution in [1.29, 1.82) is 0 Å². The van der Waals surface area contributed by atoms with Crippen molar-refractivity contribution in [3.63, 3.8) is 0 Å². The van der Waals surface area contributed by atoms with Crippen molar-refractivity contribution in [1.82, 2.24) is 30.0 Å². The predicted octanol–water partition coefficient (Wildman–Crippen LogP) is 2.52. The number of likely N-dealkylation sites (tertiary alicyclic amines) is 1. The first-order chi connectivity index (χ1) is 13.3. The number of rotatable bonds is 4. The minimum atomic E-state index is -0.0866. The molecule has 4 heterocycles. The maximum absolute atomic E-state index is 12.4. The van der Waals surface area contributed by atoms with E-state index in [-0.39, 0.29) is 11.8 Å². The van der Waals surface area contributed by atoms with Crippen molar-refractivity contribution in [2.24, 2.45) is 0 Å². The van der Waals surface area contributed by atoms with Crippen molar-refractivity contribution in [3.8, 4) is 11.4 Å². The molecule has 0 unspecified atom stereocenters. The Kier molecular flexibility index (Phi) is 3.67. The topological polar surface area (TPSA) is 101 Å². The second-order valence-corrected chi connectivity index (χ2v) is 6.62. The molecule has 4 aromatic rings. The van der Waals surface area contributed by atoms with Crippen molar-refractivity contribution in [2.75, 3.05) is 6.54 Å². The van der Waals surface area contributed by atoms with Crippen LogP contribution >= 0.6 is 0 Å². The van der Waals surface area contributed by atoms with Crippen LogP contribution in [-0.2, 0) is 11.3 Å². The number of imidazole rings is 1. The number of carbonyl (C=O) groups is 1. The van der Waals surface area contributed by atoms with E-state index >= 15 is 0 Å². The van der Waals surface area contributed by atoms with Crippen LogP contribution in [0.5, 0.6) is 0 Å². The number of H-pyrrole nitrogens is 1. The molecule has 3 aromatic heterocycles. The smallest absolute Gasteiger partial charge is 0.232 e. The number of amides is 1. The van der Waals surface area contributed by atoms with Crippen LogP contribution in [0.3, 0.4) is 0 Å². The minimum Gasteiger partial charge on any atom is -0.345 e. The summed E-state index contributed by atoms with van der Waals surface area (Å²) >= 11 is 0. The molecular weight excluding hydrogens is 344 g/mol. The summed E-state index contributed by atoms with van der Waals surface area (Å²) in [5.41, 5.74) is 3.70. The molecule has 1 amide bonds. The van der Waals surface area contributed by atoms with Crippen LogP contribution in [-0.4, -0.2) is 42.4 Å². The molecule has 0 aliphatic carbocycles. The molecule has 0 spiro atoms. The molecule has 1 aliphatic rings. The van der Waals surface area contributed by atoms with Crippen LogP contribution in [0.2, 0.25) is 0 Å². The number of fused-ring (bicyclic) bond motifs is 1. The third-order valence-electron chi connectivity index (χ3n) is 4.81. The quantitative estimate of drug-likeness (QED) is 0.600. The summed E-state index contributed by atoms with van der Waals surface area (Å²) in [6.07, 6.45) is 5.49. The zero-order chi connectivity index (χ0) is 18.2. The van der Waals surface area contributed by atoms with E-state index in [2.05, 4.69) is 25.1 Å². The average Bonchev–Trinajstić information content (AvgIpc) is 3.42. The maximum Gasteiger partial charge on any atom is 0.232 e. The van der Waals surface area contributed by atoms with Crippen LogP contribution < -0.4 is 0 Å². The Morgan fingerprint density at radius 1 is 1.22 bits per heavy atom. The molecule has 0 bridgehead atoms. The van der Waals surface area contributed by atoms with Gasteiger partial charge in [0.25, 0.3) is 0 Å². The molecule has 27 heavy (non-hydrogen) atoms. The van der Waals surface area contributed by atoms with Crippen LogP contribution in [0.1, 0.15) is 23.8 Å². The van der Waals surface area contributed by atoms with Crippen molar-refractivity contribution < 1.29 is 9.32 Å². The molecule has 134 valence electrons. The molecule has 8 nitrogen and oxygen atoms in total. The second kappa shape index (κ2) is 6.31. The fourth-order valence-corrected chi connectivity index (χ4v) is 3.39. The van der Waals surface area contributed by atoms with E-state index in [1.807, 2.05) is 35.2 Å². The fourth-order valence-electron chi connectivity index (χ4n) is 3.39. The summed E-state index contributed by atoms with van der Waals surface area (Å²) in [7, 11) is 0. The summed E-state index contributed by atoms with van der Waals surface area (Å²) in [4.78, 5) is 30.0. The second-order valence-electron chi connectivity index (χ2n) is 6.62. The number of carbonyl (C=O) groups excluding carboxylic acids is 1. The SMILES string of the molecule is O=C1C[C@@H](c2nc(-c3ccc4nc[nH]c4c3)no2)CN1Cc1ccncc1. The van der Waals surface area contributed by atoms with Gasteiger partial charge in [-0.1, -0.05) is 5.16 Å². The Morgan fingerprint density at radius 2 is 2.11 bits per heavy atom. The number of nitrogens with one attached hydrogen (secondary N) is 1. The van der Waals surface area contributed by atoms with Gasteiger partial charge < -0.3 is 14.4 Å². The first-order valence-electron chi connectivity index (χ1n) is 8.70. The highest BCUT2D eigenvalue weighted by molar-refractivity contribution is 5.80. The van der Waals surface area contributed by atoms with Gasteiger partial charge in [0.15, 0.2) is 0 Å². The number of pyridine rings is 1. The highest BCUT2D eigenvalue weighted by Crippen LogP contribution is 2.30. The van der Waals surface area contributed by atoms with Crippen LogP contribution in [0.4, 0.5) is 0 Å². The average molecular weight is 360 g/mol. The summed E-state index contributed by atoms with van der Waals surface area (Å²) in [6, 6.07) is 9.58. The van der Waals surface area contributed by atoms with Crippen molar-refractivity contribution in [3.05, 3.63) is 60.5 Å². The number of hydrogen-bond donors (Lipinski definition) is 1. The molecule has 1 fully saturated rings. The molecule has 1 aliphatic heterocycles. The lowest BCUT2D eigenvalue weighted by molar-refractivity contribution is -0.128. The molecule has 1 saturated heterocycles. The van der Waals surface area contributed by atoms with E-state index in [0.717, 1.165) is 22.2 Å². The van der Waals surface area contributed by atoms with Crippen molar-refractivity contribution >= 4 is 16.9 Å². The Balaban J connectivity index is 1.34. The molecule has 5 rings (SSSR count). The van der Waals surface area contributed by atoms with Gasteiger partial charge in [-0.15, -0.1) is 0 Å². The van der Waals surface area contributed by atoms with Gasteiger partial charge in [0.05, 0.1) is 23.3 Å². The van der Waals surface area contributed by atoms with Crippen LogP contribution in [0.15, 0.2) is 53.6 Å². The highest BCUT2D eigenvalue weighted by Gasteiger charge is 2.34. The zero-order valence-electron chi connectivity index (χ0n) is 14.4. The zero-order valence-corrected chi connectivity index (χ0v) is 14.4. The van der Waals surface area contributed by atoms with Gasteiger partial charge in [-0.25, -0.2) is 4.98 Å². The van der Waals surface area contributed by atoms with Gasteiger partial charge in [-0.2, -0.15) is 4.98 Å². The monoisotopic (exact) mass is 360 g/mol. The van der Waals surface area contributed by atoms with Crippen LogP contribution in [0, 0.1) is 0 Å². The first-order valence-corrected chi connectivity index (χ1v) is 8.70. The molecular formula is C19H16N6O2. The van der Waals surface area contributed by atoms with Crippen molar-refractivity contribution in [2.45, 2.75) is 18.9 Å². The molecule has 8 heteroatoms. The lowest BCUT2D eigenvalue weighted by Gasteiger charge is -2.15. The van der Waals surface area contributed by atoms with Gasteiger partial charge in [0.1, 0.15) is 0 Å². The van der Waals surface area contributed by atoms with Gasteiger partial charge in [-0.05, 0) is 35.9 Å². The van der Waals surface area contributed by atoms with E-state index in [1.165, 1.54) is 0 Å². The van der Waals surface area contributed by atoms with E-state index in [0.29, 0.717) is 31.2 Å². The van der Waals surface area contributed by atoms with Gasteiger partial charge in [0.2, 0.25) is 17.6 Å². The number of aromatic amines is 1. The Morgan fingerprint density at radius 3 is 3.00 bits per heavy atom. The van der Waals surface area contributed by atoms with Gasteiger partial charge in [0, 0.05) is 37.5 Å². The third-order valence-corrected chi connectivity index (χ3v) is 4.81.